The van der Waals surface area contributed by atoms with Crippen LogP contribution in [0.25, 0.3) is 10.9 Å². The van der Waals surface area contributed by atoms with Gasteiger partial charge in [-0.25, -0.2) is 4.39 Å². The molecule has 2 heterocycles. The normalized spacial score (nSPS) is 21.8. The highest BCUT2D eigenvalue weighted by Gasteiger charge is 2.49. The second-order valence-corrected chi connectivity index (χ2v) is 11.6. The summed E-state index contributed by atoms with van der Waals surface area (Å²) in [5, 5.41) is 1.29. The summed E-state index contributed by atoms with van der Waals surface area (Å²) in [6.07, 6.45) is 6.06. The van der Waals surface area contributed by atoms with Crippen LogP contribution < -0.4 is 0 Å². The van der Waals surface area contributed by atoms with Gasteiger partial charge in [-0.3, -0.25) is 4.79 Å². The van der Waals surface area contributed by atoms with E-state index in [4.69, 9.17) is 0 Å². The average molecular weight is 524 g/mol. The lowest BCUT2D eigenvalue weighted by atomic mass is 9.68. The molecule has 2 aliphatic rings. The molecule has 39 heavy (non-hydrogen) atoms. The molecule has 1 saturated carbocycles. The fourth-order valence-electron chi connectivity index (χ4n) is 7.43. The van der Waals surface area contributed by atoms with Crippen LogP contribution in [0.15, 0.2) is 78.9 Å². The van der Waals surface area contributed by atoms with E-state index in [1.165, 1.54) is 27.7 Å². The predicted octanol–water partition coefficient (Wildman–Crippen LogP) is 7.01. The number of nitrogens with one attached hydrogen (secondary N) is 1. The summed E-state index contributed by atoms with van der Waals surface area (Å²) >= 11 is 0. The third-order valence-corrected chi connectivity index (χ3v) is 9.22. The highest BCUT2D eigenvalue weighted by molar-refractivity contribution is 5.86. The van der Waals surface area contributed by atoms with Crippen molar-refractivity contribution in [2.45, 2.75) is 56.5 Å². The van der Waals surface area contributed by atoms with Gasteiger partial charge < -0.3 is 14.8 Å². The lowest BCUT2D eigenvalue weighted by Gasteiger charge is -2.52. The van der Waals surface area contributed by atoms with Crippen molar-refractivity contribution in [3.8, 4) is 0 Å². The Morgan fingerprint density at radius 1 is 1.00 bits per heavy atom. The summed E-state index contributed by atoms with van der Waals surface area (Å²) in [7, 11) is 4.24. The van der Waals surface area contributed by atoms with Crippen LogP contribution in [-0.2, 0) is 23.2 Å². The smallest absolute Gasteiger partial charge is 0.223 e. The Balaban J connectivity index is 1.31. The minimum Gasteiger partial charge on any atom is -0.356 e. The van der Waals surface area contributed by atoms with Gasteiger partial charge in [0.2, 0.25) is 5.91 Å². The summed E-state index contributed by atoms with van der Waals surface area (Å²) < 4.78 is 13.7. The van der Waals surface area contributed by atoms with Gasteiger partial charge in [0.25, 0.3) is 0 Å². The molecule has 6 rings (SSSR count). The fraction of sp³-hybridized carbons (Fsp3) is 0.382. The second kappa shape index (κ2) is 10.6. The molecule has 4 aromatic rings. The van der Waals surface area contributed by atoms with Crippen LogP contribution in [0.1, 0.15) is 60.5 Å². The molecule has 1 unspecified atom stereocenters. The SMILES string of the molecule is CN(C)C(c1ccc(F)cc1)C1CCC2(CC1)c1[nH]c3ccccc3c1CCN2C(=O)CCc1ccccc1. The van der Waals surface area contributed by atoms with Gasteiger partial charge in [0.15, 0.2) is 0 Å². The fourth-order valence-corrected chi connectivity index (χ4v) is 7.43. The van der Waals surface area contributed by atoms with Crippen LogP contribution in [0.5, 0.6) is 0 Å². The third-order valence-electron chi connectivity index (χ3n) is 9.22. The molecule has 3 aromatic carbocycles. The molecule has 1 N–H and O–H groups in total. The lowest BCUT2D eigenvalue weighted by molar-refractivity contribution is -0.142. The number of aryl methyl sites for hydroxylation is 1. The van der Waals surface area contributed by atoms with Gasteiger partial charge >= 0.3 is 0 Å². The number of rotatable bonds is 6. The molecule has 0 bridgehead atoms. The molecule has 0 radical (unpaired) electrons. The monoisotopic (exact) mass is 523 g/mol. The molecular formula is C34H38FN3O. The van der Waals surface area contributed by atoms with Crippen LogP contribution in [0.4, 0.5) is 4.39 Å². The zero-order valence-corrected chi connectivity index (χ0v) is 23.0. The van der Waals surface area contributed by atoms with Crippen molar-refractivity contribution in [1.82, 2.24) is 14.8 Å². The standard InChI is InChI=1S/C34H38FN3O/c1-37(2)32(25-13-15-27(35)16-14-25)26-18-21-34(22-19-26)33-29(28-10-6-7-11-30(28)36-33)20-23-38(34)31(39)17-12-24-8-4-3-5-9-24/h3-11,13-16,26,32,36H,12,17-23H2,1-2H3. The lowest BCUT2D eigenvalue weighted by Crippen LogP contribution is -2.55. The van der Waals surface area contributed by atoms with Crippen molar-refractivity contribution in [2.75, 3.05) is 20.6 Å². The minimum absolute atomic E-state index is 0.197. The Hall–Kier alpha value is -3.44. The van der Waals surface area contributed by atoms with Gasteiger partial charge in [-0.05, 0) is 93.4 Å². The second-order valence-electron chi connectivity index (χ2n) is 11.6. The van der Waals surface area contributed by atoms with Gasteiger partial charge in [0.1, 0.15) is 5.82 Å². The van der Waals surface area contributed by atoms with Crippen molar-refractivity contribution >= 4 is 16.8 Å². The van der Waals surface area contributed by atoms with Crippen LogP contribution in [0.3, 0.4) is 0 Å². The zero-order chi connectivity index (χ0) is 27.0. The van der Waals surface area contributed by atoms with Crippen molar-refractivity contribution in [2.24, 2.45) is 5.92 Å². The summed E-state index contributed by atoms with van der Waals surface area (Å²) in [5.41, 5.74) is 5.87. The maximum atomic E-state index is 13.9. The molecule has 1 fully saturated rings. The van der Waals surface area contributed by atoms with Gasteiger partial charge in [0, 0.05) is 35.6 Å². The number of benzene rings is 3. The molecule has 0 saturated heterocycles. The molecule has 4 nitrogen and oxygen atoms in total. The van der Waals surface area contributed by atoms with Crippen molar-refractivity contribution < 1.29 is 9.18 Å². The van der Waals surface area contributed by atoms with Crippen molar-refractivity contribution in [3.05, 3.63) is 107 Å². The minimum atomic E-state index is -0.309. The number of aromatic nitrogens is 1. The van der Waals surface area contributed by atoms with E-state index in [1.807, 2.05) is 30.3 Å². The van der Waals surface area contributed by atoms with Crippen molar-refractivity contribution in [3.63, 3.8) is 0 Å². The van der Waals surface area contributed by atoms with E-state index >= 15 is 0 Å². The predicted molar refractivity (Wildman–Crippen MR) is 155 cm³/mol. The van der Waals surface area contributed by atoms with Gasteiger partial charge in [-0.15, -0.1) is 0 Å². The summed E-state index contributed by atoms with van der Waals surface area (Å²) in [6.45, 7) is 0.766. The molecular weight excluding hydrogens is 485 g/mol. The first-order chi connectivity index (χ1) is 19.0. The number of amides is 1. The first-order valence-corrected chi connectivity index (χ1v) is 14.3. The first kappa shape index (κ1) is 25.8. The van der Waals surface area contributed by atoms with Crippen LogP contribution in [-0.4, -0.2) is 41.3 Å². The highest BCUT2D eigenvalue weighted by atomic mass is 19.1. The Morgan fingerprint density at radius 3 is 2.41 bits per heavy atom. The number of nitrogens with zero attached hydrogens (tertiary/aromatic N) is 2. The van der Waals surface area contributed by atoms with Crippen LogP contribution in [0.2, 0.25) is 0 Å². The third kappa shape index (κ3) is 4.78. The summed E-state index contributed by atoms with van der Waals surface area (Å²) in [4.78, 5) is 22.2. The van der Waals surface area contributed by atoms with E-state index < -0.39 is 0 Å². The van der Waals surface area contributed by atoms with Crippen LogP contribution >= 0.6 is 0 Å². The largest absolute Gasteiger partial charge is 0.356 e. The van der Waals surface area contributed by atoms with E-state index in [1.54, 1.807) is 12.1 Å². The number of para-hydroxylation sites is 1. The summed E-state index contributed by atoms with van der Waals surface area (Å²) in [6, 6.07) is 26.1. The molecule has 202 valence electrons. The maximum Gasteiger partial charge on any atom is 0.223 e. The van der Waals surface area contributed by atoms with E-state index in [9.17, 15) is 9.18 Å². The number of aromatic amines is 1. The number of hydrogen-bond acceptors (Lipinski definition) is 2. The van der Waals surface area contributed by atoms with E-state index in [0.29, 0.717) is 12.3 Å². The maximum absolute atomic E-state index is 13.9. The molecule has 1 aromatic heterocycles. The number of carbonyl (C=O) groups is 1. The number of H-pyrrole nitrogens is 1. The van der Waals surface area contributed by atoms with Crippen molar-refractivity contribution in [1.29, 1.82) is 0 Å². The van der Waals surface area contributed by atoms with E-state index in [2.05, 4.69) is 65.3 Å². The quantitative estimate of drug-likeness (QED) is 0.295. The average Bonchev–Trinajstić information content (AvgIpc) is 3.35. The van der Waals surface area contributed by atoms with E-state index in [-0.39, 0.29) is 23.3 Å². The Labute approximate surface area is 230 Å². The number of fused-ring (bicyclic) bond motifs is 4. The molecule has 1 spiro atoms. The number of hydrogen-bond donors (Lipinski definition) is 1. The first-order valence-electron chi connectivity index (χ1n) is 14.3. The molecule has 1 amide bonds. The number of halogens is 1. The molecule has 1 atom stereocenters. The molecule has 5 heteroatoms. The topological polar surface area (TPSA) is 39.3 Å². The zero-order valence-electron chi connectivity index (χ0n) is 23.0. The summed E-state index contributed by atoms with van der Waals surface area (Å²) in [5.74, 6) is 0.494. The number of carbonyl (C=O) groups excluding carboxylic acids is 1. The molecule has 1 aliphatic heterocycles. The van der Waals surface area contributed by atoms with E-state index in [0.717, 1.165) is 50.6 Å². The van der Waals surface area contributed by atoms with Gasteiger partial charge in [0.05, 0.1) is 5.54 Å². The van der Waals surface area contributed by atoms with Gasteiger partial charge in [-0.2, -0.15) is 0 Å². The Bertz CT molecular complexity index is 1430. The Morgan fingerprint density at radius 2 is 1.69 bits per heavy atom. The highest BCUT2D eigenvalue weighted by Crippen LogP contribution is 2.51. The van der Waals surface area contributed by atoms with Crippen LogP contribution in [0, 0.1) is 11.7 Å². The molecule has 1 aliphatic carbocycles. The Kier molecular flexibility index (Phi) is 7.03. The van der Waals surface area contributed by atoms with Gasteiger partial charge in [-0.1, -0.05) is 60.7 Å².